The average Bonchev–Trinajstić information content (AvgIpc) is 3.02. The van der Waals surface area contributed by atoms with Crippen molar-refractivity contribution in [2.24, 2.45) is 7.05 Å². The third-order valence-corrected chi connectivity index (χ3v) is 5.94. The Balaban J connectivity index is 2.00. The predicted molar refractivity (Wildman–Crippen MR) is 95.4 cm³/mol. The van der Waals surface area contributed by atoms with E-state index >= 15 is 0 Å². The molecule has 2 aromatic rings. The van der Waals surface area contributed by atoms with Gasteiger partial charge in [0.05, 0.1) is 10.6 Å². The normalized spacial score (nSPS) is 16.2. The van der Waals surface area contributed by atoms with E-state index in [4.69, 9.17) is 0 Å². The second kappa shape index (κ2) is 6.94. The molecule has 6 nitrogen and oxygen atoms in total. The van der Waals surface area contributed by atoms with E-state index in [1.165, 1.54) is 26.3 Å². The van der Waals surface area contributed by atoms with Gasteiger partial charge in [0.1, 0.15) is 0 Å². The van der Waals surface area contributed by atoms with Gasteiger partial charge in [-0.15, -0.1) is 0 Å². The van der Waals surface area contributed by atoms with Crippen LogP contribution in [0, 0.1) is 0 Å². The molecule has 7 heteroatoms. The summed E-state index contributed by atoms with van der Waals surface area (Å²) in [4.78, 5) is 0.250. The van der Waals surface area contributed by atoms with Crippen LogP contribution in [0.3, 0.4) is 0 Å². The topological polar surface area (TPSA) is 76.0 Å². The largest absolute Gasteiger partial charge is 0.382 e. The Kier molecular flexibility index (Phi) is 4.91. The fourth-order valence-corrected chi connectivity index (χ4v) is 3.93. The molecule has 3 rings (SSSR count). The van der Waals surface area contributed by atoms with Gasteiger partial charge in [-0.3, -0.25) is 4.68 Å². The van der Waals surface area contributed by atoms with Crippen LogP contribution in [-0.2, 0) is 17.1 Å². The van der Waals surface area contributed by atoms with E-state index in [1.54, 1.807) is 16.8 Å². The van der Waals surface area contributed by atoms with Crippen LogP contribution >= 0.6 is 0 Å². The van der Waals surface area contributed by atoms with Crippen molar-refractivity contribution in [1.82, 2.24) is 14.5 Å². The second-order valence-electron chi connectivity index (χ2n) is 6.27. The first-order valence-electron chi connectivity index (χ1n) is 8.34. The van der Waals surface area contributed by atoms with E-state index in [2.05, 4.69) is 15.1 Å². The molecule has 0 unspecified atom stereocenters. The fourth-order valence-electron chi connectivity index (χ4n) is 3.17. The summed E-state index contributed by atoms with van der Waals surface area (Å²) < 4.78 is 28.4. The molecule has 1 fully saturated rings. The molecule has 1 aromatic heterocycles. The second-order valence-corrected chi connectivity index (χ2v) is 8.16. The standard InChI is InChI=1S/C17H24N4O2S/c1-18-24(22,23)14-8-9-16(19-13-6-4-3-5-7-13)15(12-14)17-10-11-21(2)20-17/h8-13,18-19H,3-7H2,1-2H3. The number of benzene rings is 1. The summed E-state index contributed by atoms with van der Waals surface area (Å²) in [7, 11) is -0.210. The maximum absolute atomic E-state index is 12.1. The number of aromatic nitrogens is 2. The third-order valence-electron chi connectivity index (χ3n) is 4.52. The molecule has 0 saturated heterocycles. The Morgan fingerprint density at radius 3 is 2.54 bits per heavy atom. The lowest BCUT2D eigenvalue weighted by Crippen LogP contribution is -2.23. The Morgan fingerprint density at radius 2 is 1.92 bits per heavy atom. The van der Waals surface area contributed by atoms with Gasteiger partial charge in [-0.05, 0) is 44.2 Å². The van der Waals surface area contributed by atoms with Gasteiger partial charge in [0, 0.05) is 30.5 Å². The number of nitrogens with zero attached hydrogens (tertiary/aromatic N) is 2. The molecule has 1 heterocycles. The van der Waals surface area contributed by atoms with Crippen LogP contribution < -0.4 is 10.0 Å². The van der Waals surface area contributed by atoms with Crippen molar-refractivity contribution in [2.45, 2.75) is 43.0 Å². The number of hydrogen-bond donors (Lipinski definition) is 2. The van der Waals surface area contributed by atoms with Crippen molar-refractivity contribution >= 4 is 15.7 Å². The zero-order valence-corrected chi connectivity index (χ0v) is 14.9. The zero-order valence-electron chi connectivity index (χ0n) is 14.1. The molecular formula is C17H24N4O2S. The van der Waals surface area contributed by atoms with E-state index in [1.807, 2.05) is 25.4 Å². The van der Waals surface area contributed by atoms with Gasteiger partial charge in [0.2, 0.25) is 10.0 Å². The fraction of sp³-hybridized carbons (Fsp3) is 0.471. The monoisotopic (exact) mass is 348 g/mol. The molecule has 130 valence electrons. The van der Waals surface area contributed by atoms with Crippen LogP contribution in [0.1, 0.15) is 32.1 Å². The molecule has 0 radical (unpaired) electrons. The molecule has 0 atom stereocenters. The smallest absolute Gasteiger partial charge is 0.240 e. The van der Waals surface area contributed by atoms with Crippen LogP contribution in [0.4, 0.5) is 5.69 Å². The van der Waals surface area contributed by atoms with E-state index in [9.17, 15) is 8.42 Å². The molecular weight excluding hydrogens is 324 g/mol. The van der Waals surface area contributed by atoms with Gasteiger partial charge in [-0.25, -0.2) is 13.1 Å². The molecule has 0 amide bonds. The summed E-state index contributed by atoms with van der Waals surface area (Å²) in [5.41, 5.74) is 2.53. The SMILES string of the molecule is CNS(=O)(=O)c1ccc(NC2CCCCC2)c(-c2ccn(C)n2)c1. The minimum Gasteiger partial charge on any atom is -0.382 e. The van der Waals surface area contributed by atoms with Crippen molar-refractivity contribution in [2.75, 3.05) is 12.4 Å². The Labute approximate surface area is 143 Å². The molecule has 0 aliphatic heterocycles. The number of sulfonamides is 1. The predicted octanol–water partition coefficient (Wildman–Crippen LogP) is 2.74. The Hall–Kier alpha value is -1.86. The lowest BCUT2D eigenvalue weighted by molar-refractivity contribution is 0.463. The van der Waals surface area contributed by atoms with Gasteiger partial charge in [0.15, 0.2) is 0 Å². The highest BCUT2D eigenvalue weighted by molar-refractivity contribution is 7.89. The summed E-state index contributed by atoms with van der Waals surface area (Å²) >= 11 is 0. The molecule has 1 aliphatic carbocycles. The molecule has 0 bridgehead atoms. The first-order valence-corrected chi connectivity index (χ1v) is 9.82. The van der Waals surface area contributed by atoms with Crippen molar-refractivity contribution < 1.29 is 8.42 Å². The quantitative estimate of drug-likeness (QED) is 0.871. The summed E-state index contributed by atoms with van der Waals surface area (Å²) in [5, 5.41) is 8.03. The van der Waals surface area contributed by atoms with Crippen molar-refractivity contribution in [3.8, 4) is 11.3 Å². The number of aryl methyl sites for hydroxylation is 1. The number of anilines is 1. The summed E-state index contributed by atoms with van der Waals surface area (Å²) in [6, 6.07) is 7.52. The van der Waals surface area contributed by atoms with Crippen LogP contribution in [-0.4, -0.2) is 31.3 Å². The zero-order chi connectivity index (χ0) is 17.2. The van der Waals surface area contributed by atoms with Crippen molar-refractivity contribution in [3.05, 3.63) is 30.5 Å². The van der Waals surface area contributed by atoms with Crippen molar-refractivity contribution in [1.29, 1.82) is 0 Å². The van der Waals surface area contributed by atoms with E-state index in [0.717, 1.165) is 29.8 Å². The molecule has 1 aromatic carbocycles. The van der Waals surface area contributed by atoms with E-state index in [0.29, 0.717) is 6.04 Å². The van der Waals surface area contributed by atoms with Gasteiger partial charge in [-0.2, -0.15) is 5.10 Å². The molecule has 2 N–H and O–H groups in total. The van der Waals surface area contributed by atoms with Crippen LogP contribution in [0.2, 0.25) is 0 Å². The maximum Gasteiger partial charge on any atom is 0.240 e. The first-order chi connectivity index (χ1) is 11.5. The Morgan fingerprint density at radius 1 is 1.17 bits per heavy atom. The van der Waals surface area contributed by atoms with Crippen LogP contribution in [0.25, 0.3) is 11.3 Å². The van der Waals surface area contributed by atoms with E-state index < -0.39 is 10.0 Å². The van der Waals surface area contributed by atoms with Gasteiger partial charge >= 0.3 is 0 Å². The lowest BCUT2D eigenvalue weighted by atomic mass is 9.95. The lowest BCUT2D eigenvalue weighted by Gasteiger charge is -2.25. The third kappa shape index (κ3) is 3.62. The minimum absolute atomic E-state index is 0.250. The van der Waals surface area contributed by atoms with E-state index in [-0.39, 0.29) is 4.90 Å². The summed E-state index contributed by atoms with van der Waals surface area (Å²) in [5.74, 6) is 0. The molecule has 1 saturated carbocycles. The Bertz CT molecular complexity index is 808. The minimum atomic E-state index is -3.48. The highest BCUT2D eigenvalue weighted by Crippen LogP contribution is 2.32. The highest BCUT2D eigenvalue weighted by atomic mass is 32.2. The summed E-state index contributed by atoms with van der Waals surface area (Å²) in [6.45, 7) is 0. The van der Waals surface area contributed by atoms with Crippen molar-refractivity contribution in [3.63, 3.8) is 0 Å². The molecule has 24 heavy (non-hydrogen) atoms. The highest BCUT2D eigenvalue weighted by Gasteiger charge is 2.19. The molecule has 1 aliphatic rings. The summed E-state index contributed by atoms with van der Waals surface area (Å²) in [6.07, 6.45) is 7.94. The maximum atomic E-state index is 12.1. The van der Waals surface area contributed by atoms with Gasteiger partial charge in [0.25, 0.3) is 0 Å². The van der Waals surface area contributed by atoms with Crippen LogP contribution in [0.5, 0.6) is 0 Å². The van der Waals surface area contributed by atoms with Gasteiger partial charge in [-0.1, -0.05) is 19.3 Å². The number of nitrogens with one attached hydrogen (secondary N) is 2. The molecule has 0 spiro atoms. The van der Waals surface area contributed by atoms with Gasteiger partial charge < -0.3 is 5.32 Å². The van der Waals surface area contributed by atoms with Crippen LogP contribution in [0.15, 0.2) is 35.4 Å². The first kappa shape index (κ1) is 17.0. The number of hydrogen-bond acceptors (Lipinski definition) is 4. The average molecular weight is 348 g/mol. The number of rotatable bonds is 5.